The van der Waals surface area contributed by atoms with Crippen LogP contribution in [0.25, 0.3) is 0 Å². The number of nitrogens with one attached hydrogen (secondary N) is 1. The molecule has 0 atom stereocenters. The zero-order valence-corrected chi connectivity index (χ0v) is 11.2. The van der Waals surface area contributed by atoms with Gasteiger partial charge >= 0.3 is 0 Å². The molecule has 0 spiro atoms. The van der Waals surface area contributed by atoms with E-state index in [2.05, 4.69) is 48.1 Å². The maximum atomic E-state index is 4.47. The van der Waals surface area contributed by atoms with E-state index < -0.39 is 0 Å². The normalized spacial score (nSPS) is 18.3. The van der Waals surface area contributed by atoms with Gasteiger partial charge in [-0.15, -0.1) is 0 Å². The Kier molecular flexibility index (Phi) is 3.79. The minimum atomic E-state index is 0.138. The Labute approximate surface area is 104 Å². The maximum Gasteiger partial charge on any atom is 0.0460 e. The Morgan fingerprint density at radius 2 is 2.00 bits per heavy atom. The van der Waals surface area contributed by atoms with E-state index in [-0.39, 0.29) is 5.41 Å². The molecule has 3 heteroatoms. The van der Waals surface area contributed by atoms with E-state index in [1.165, 1.54) is 11.3 Å². The van der Waals surface area contributed by atoms with E-state index in [0.717, 1.165) is 32.7 Å². The summed E-state index contributed by atoms with van der Waals surface area (Å²) in [5.74, 6) is 0. The van der Waals surface area contributed by atoms with E-state index in [9.17, 15) is 0 Å². The first-order chi connectivity index (χ1) is 8.05. The molecule has 1 aromatic heterocycles. The molecule has 2 heterocycles. The third kappa shape index (κ3) is 3.51. The average Bonchev–Trinajstić information content (AvgIpc) is 2.29. The van der Waals surface area contributed by atoms with E-state index in [0.29, 0.717) is 0 Å². The minimum absolute atomic E-state index is 0.138. The van der Waals surface area contributed by atoms with Gasteiger partial charge in [-0.2, -0.15) is 0 Å². The first-order valence-corrected chi connectivity index (χ1v) is 6.44. The molecule has 1 fully saturated rings. The highest BCUT2D eigenvalue weighted by atomic mass is 15.2. The van der Waals surface area contributed by atoms with Crippen LogP contribution in [-0.2, 0) is 12.0 Å². The second-order valence-corrected chi connectivity index (χ2v) is 5.83. The van der Waals surface area contributed by atoms with Gasteiger partial charge in [0.1, 0.15) is 0 Å². The number of hydrogen-bond acceptors (Lipinski definition) is 3. The molecule has 0 saturated carbocycles. The second kappa shape index (κ2) is 5.15. The Morgan fingerprint density at radius 3 is 2.65 bits per heavy atom. The van der Waals surface area contributed by atoms with Crippen LogP contribution >= 0.6 is 0 Å². The van der Waals surface area contributed by atoms with Crippen LogP contribution in [0, 0.1) is 0 Å². The highest BCUT2D eigenvalue weighted by Gasteiger charge is 2.16. The van der Waals surface area contributed by atoms with E-state index in [1.807, 2.05) is 6.20 Å². The van der Waals surface area contributed by atoms with Crippen molar-refractivity contribution in [1.29, 1.82) is 0 Å². The molecule has 0 radical (unpaired) electrons. The molecule has 1 aromatic rings. The molecule has 0 unspecified atom stereocenters. The largest absolute Gasteiger partial charge is 0.314 e. The summed E-state index contributed by atoms with van der Waals surface area (Å²) in [4.78, 5) is 6.97. The molecule has 0 amide bonds. The van der Waals surface area contributed by atoms with Crippen molar-refractivity contribution in [3.8, 4) is 0 Å². The maximum absolute atomic E-state index is 4.47. The number of piperazine rings is 1. The predicted octanol–water partition coefficient (Wildman–Crippen LogP) is 1.78. The van der Waals surface area contributed by atoms with Crippen molar-refractivity contribution in [2.45, 2.75) is 32.7 Å². The molecule has 94 valence electrons. The third-order valence-electron chi connectivity index (χ3n) is 3.21. The minimum Gasteiger partial charge on any atom is -0.314 e. The van der Waals surface area contributed by atoms with Crippen LogP contribution in [0.2, 0.25) is 0 Å². The summed E-state index contributed by atoms with van der Waals surface area (Å²) in [7, 11) is 0. The lowest BCUT2D eigenvalue weighted by atomic mass is 9.91. The van der Waals surface area contributed by atoms with Crippen LogP contribution in [-0.4, -0.2) is 36.1 Å². The first kappa shape index (κ1) is 12.5. The highest BCUT2D eigenvalue weighted by molar-refractivity contribution is 5.21. The van der Waals surface area contributed by atoms with Gasteiger partial charge in [-0.1, -0.05) is 20.8 Å². The van der Waals surface area contributed by atoms with Crippen molar-refractivity contribution in [3.63, 3.8) is 0 Å². The van der Waals surface area contributed by atoms with Crippen LogP contribution in [0.15, 0.2) is 18.3 Å². The molecule has 0 aromatic carbocycles. The quantitative estimate of drug-likeness (QED) is 0.844. The first-order valence-electron chi connectivity index (χ1n) is 6.44. The monoisotopic (exact) mass is 233 g/mol. The van der Waals surface area contributed by atoms with Crippen LogP contribution in [0.5, 0.6) is 0 Å². The summed E-state index contributed by atoms with van der Waals surface area (Å²) < 4.78 is 0. The average molecular weight is 233 g/mol. The predicted molar refractivity (Wildman–Crippen MR) is 71.1 cm³/mol. The molecule has 1 saturated heterocycles. The van der Waals surface area contributed by atoms with Crippen LogP contribution in [0.1, 0.15) is 32.0 Å². The standard InChI is InChI=1S/C14H23N3/c1-14(2,3)13-10-12(4-5-16-13)11-17-8-6-15-7-9-17/h4-5,10,15H,6-9,11H2,1-3H3. The van der Waals surface area contributed by atoms with Gasteiger partial charge in [-0.3, -0.25) is 9.88 Å². The van der Waals surface area contributed by atoms with E-state index in [1.54, 1.807) is 0 Å². The second-order valence-electron chi connectivity index (χ2n) is 5.83. The number of pyridine rings is 1. The van der Waals surface area contributed by atoms with Gasteiger partial charge < -0.3 is 5.32 Å². The van der Waals surface area contributed by atoms with Gasteiger partial charge in [0.2, 0.25) is 0 Å². The molecule has 1 aliphatic heterocycles. The van der Waals surface area contributed by atoms with Crippen molar-refractivity contribution >= 4 is 0 Å². The van der Waals surface area contributed by atoms with Crippen LogP contribution in [0.4, 0.5) is 0 Å². The van der Waals surface area contributed by atoms with Crippen molar-refractivity contribution < 1.29 is 0 Å². The van der Waals surface area contributed by atoms with E-state index >= 15 is 0 Å². The van der Waals surface area contributed by atoms with E-state index in [4.69, 9.17) is 0 Å². The lowest BCUT2D eigenvalue weighted by Gasteiger charge is -2.27. The molecule has 17 heavy (non-hydrogen) atoms. The number of rotatable bonds is 2. The molecule has 0 aliphatic carbocycles. The van der Waals surface area contributed by atoms with Crippen LogP contribution < -0.4 is 5.32 Å². The Morgan fingerprint density at radius 1 is 1.29 bits per heavy atom. The van der Waals surface area contributed by atoms with Crippen molar-refractivity contribution in [2.24, 2.45) is 0 Å². The van der Waals surface area contributed by atoms with Gasteiger partial charge in [0.25, 0.3) is 0 Å². The number of hydrogen-bond donors (Lipinski definition) is 1. The number of nitrogens with zero attached hydrogens (tertiary/aromatic N) is 2. The molecule has 3 nitrogen and oxygen atoms in total. The highest BCUT2D eigenvalue weighted by Crippen LogP contribution is 2.20. The molecule has 1 N–H and O–H groups in total. The molecule has 2 rings (SSSR count). The zero-order valence-electron chi connectivity index (χ0n) is 11.2. The summed E-state index contributed by atoms with van der Waals surface area (Å²) in [6.45, 7) is 12.2. The fourth-order valence-corrected chi connectivity index (χ4v) is 2.11. The van der Waals surface area contributed by atoms with Crippen molar-refractivity contribution in [3.05, 3.63) is 29.6 Å². The lowest BCUT2D eigenvalue weighted by molar-refractivity contribution is 0.233. The Bertz CT molecular complexity index is 362. The van der Waals surface area contributed by atoms with Gasteiger partial charge in [-0.25, -0.2) is 0 Å². The third-order valence-corrected chi connectivity index (χ3v) is 3.21. The van der Waals surface area contributed by atoms with Crippen molar-refractivity contribution in [2.75, 3.05) is 26.2 Å². The lowest BCUT2D eigenvalue weighted by Crippen LogP contribution is -2.42. The zero-order chi connectivity index (χ0) is 12.3. The fraction of sp³-hybridized carbons (Fsp3) is 0.643. The van der Waals surface area contributed by atoms with Gasteiger partial charge in [0.15, 0.2) is 0 Å². The van der Waals surface area contributed by atoms with Crippen molar-refractivity contribution in [1.82, 2.24) is 15.2 Å². The summed E-state index contributed by atoms with van der Waals surface area (Å²) in [6, 6.07) is 4.39. The molecule has 1 aliphatic rings. The molecular weight excluding hydrogens is 210 g/mol. The van der Waals surface area contributed by atoms with Gasteiger partial charge in [-0.05, 0) is 17.7 Å². The molecule has 0 bridgehead atoms. The Hall–Kier alpha value is -0.930. The summed E-state index contributed by atoms with van der Waals surface area (Å²) >= 11 is 0. The summed E-state index contributed by atoms with van der Waals surface area (Å²) in [5, 5.41) is 3.38. The smallest absolute Gasteiger partial charge is 0.0460 e. The van der Waals surface area contributed by atoms with Gasteiger partial charge in [0, 0.05) is 50.0 Å². The SMILES string of the molecule is CC(C)(C)c1cc(CN2CCNCC2)ccn1. The summed E-state index contributed by atoms with van der Waals surface area (Å²) in [6.07, 6.45) is 1.94. The molecular formula is C14H23N3. The Balaban J connectivity index is 2.05. The summed E-state index contributed by atoms with van der Waals surface area (Å²) in [5.41, 5.74) is 2.70. The fourth-order valence-electron chi connectivity index (χ4n) is 2.11. The van der Waals surface area contributed by atoms with Crippen LogP contribution in [0.3, 0.4) is 0 Å². The topological polar surface area (TPSA) is 28.2 Å². The van der Waals surface area contributed by atoms with Gasteiger partial charge in [0.05, 0.1) is 0 Å². The number of aromatic nitrogens is 1.